The molecule has 1 aliphatic heterocycles. The topological polar surface area (TPSA) is 57.6 Å². The van der Waals surface area contributed by atoms with Crippen molar-refractivity contribution in [2.45, 2.75) is 45.6 Å². The van der Waals surface area contributed by atoms with E-state index in [2.05, 4.69) is 0 Å². The van der Waals surface area contributed by atoms with Gasteiger partial charge >= 0.3 is 5.97 Å². The van der Waals surface area contributed by atoms with Gasteiger partial charge in [0.2, 0.25) is 5.91 Å². The van der Waals surface area contributed by atoms with Gasteiger partial charge < -0.3 is 10.0 Å². The Hall–Kier alpha value is -1.06. The molecule has 4 nitrogen and oxygen atoms in total. The van der Waals surface area contributed by atoms with Gasteiger partial charge in [0.05, 0.1) is 5.92 Å². The molecule has 1 rings (SSSR count). The molecule has 1 unspecified atom stereocenters. The van der Waals surface area contributed by atoms with E-state index in [9.17, 15) is 9.59 Å². The largest absolute Gasteiger partial charge is 0.481 e. The number of carboxylic acid groups (broad SMARTS) is 1. The molecule has 86 valence electrons. The molecule has 1 saturated heterocycles. The number of carboxylic acids is 1. The smallest absolute Gasteiger partial charge is 0.308 e. The monoisotopic (exact) mass is 213 g/mol. The lowest BCUT2D eigenvalue weighted by Crippen LogP contribution is -2.46. The van der Waals surface area contributed by atoms with E-state index in [1.54, 1.807) is 4.90 Å². The molecule has 15 heavy (non-hydrogen) atoms. The Labute approximate surface area is 90.3 Å². The van der Waals surface area contributed by atoms with Crippen molar-refractivity contribution >= 4 is 11.9 Å². The Morgan fingerprint density at radius 1 is 1.53 bits per heavy atom. The predicted octanol–water partition coefficient (Wildman–Crippen LogP) is 1.50. The zero-order valence-electron chi connectivity index (χ0n) is 9.62. The van der Waals surface area contributed by atoms with Gasteiger partial charge in [-0.25, -0.2) is 0 Å². The zero-order valence-corrected chi connectivity index (χ0v) is 9.62. The summed E-state index contributed by atoms with van der Waals surface area (Å²) in [7, 11) is 0. The SMILES string of the molecule is CCC(C)(CC)N1CC(C(=O)O)CC1=O. The number of amides is 1. The Morgan fingerprint density at radius 2 is 2.07 bits per heavy atom. The van der Waals surface area contributed by atoms with Crippen molar-refractivity contribution in [3.05, 3.63) is 0 Å². The van der Waals surface area contributed by atoms with Gasteiger partial charge in [0.15, 0.2) is 0 Å². The Kier molecular flexibility index (Phi) is 3.37. The van der Waals surface area contributed by atoms with Gasteiger partial charge in [-0.2, -0.15) is 0 Å². The minimum absolute atomic E-state index is 0.0198. The maximum Gasteiger partial charge on any atom is 0.308 e. The highest BCUT2D eigenvalue weighted by atomic mass is 16.4. The molecule has 1 amide bonds. The van der Waals surface area contributed by atoms with Crippen molar-refractivity contribution in [2.75, 3.05) is 6.54 Å². The van der Waals surface area contributed by atoms with Crippen LogP contribution in [0.15, 0.2) is 0 Å². The lowest BCUT2D eigenvalue weighted by atomic mass is 9.93. The number of aliphatic carboxylic acids is 1. The second kappa shape index (κ2) is 4.21. The fourth-order valence-electron chi connectivity index (χ4n) is 2.03. The highest BCUT2D eigenvalue weighted by Gasteiger charge is 2.41. The number of hydrogen-bond donors (Lipinski definition) is 1. The number of nitrogens with zero attached hydrogens (tertiary/aromatic N) is 1. The third-order valence-electron chi connectivity index (χ3n) is 3.65. The number of carbonyl (C=O) groups excluding carboxylic acids is 1. The molecule has 0 spiro atoms. The van der Waals surface area contributed by atoms with E-state index in [0.717, 1.165) is 12.8 Å². The van der Waals surface area contributed by atoms with Crippen LogP contribution in [-0.4, -0.2) is 34.0 Å². The maximum absolute atomic E-state index is 11.7. The Morgan fingerprint density at radius 3 is 2.40 bits per heavy atom. The van der Waals surface area contributed by atoms with Gasteiger partial charge in [-0.05, 0) is 19.8 Å². The molecule has 1 aliphatic rings. The summed E-state index contributed by atoms with van der Waals surface area (Å²) in [6, 6.07) is 0. The first-order valence-corrected chi connectivity index (χ1v) is 5.48. The van der Waals surface area contributed by atoms with Crippen LogP contribution in [0.4, 0.5) is 0 Å². The molecule has 0 aromatic carbocycles. The van der Waals surface area contributed by atoms with E-state index in [0.29, 0.717) is 6.54 Å². The minimum Gasteiger partial charge on any atom is -0.481 e. The second-order valence-corrected chi connectivity index (χ2v) is 4.45. The summed E-state index contributed by atoms with van der Waals surface area (Å²) in [6.45, 7) is 6.46. The van der Waals surface area contributed by atoms with Crippen LogP contribution in [0.25, 0.3) is 0 Å². The van der Waals surface area contributed by atoms with Crippen molar-refractivity contribution in [1.82, 2.24) is 4.90 Å². The van der Waals surface area contributed by atoms with Gasteiger partial charge in [-0.1, -0.05) is 13.8 Å². The molecule has 0 aliphatic carbocycles. The predicted molar refractivity (Wildman–Crippen MR) is 56.4 cm³/mol. The summed E-state index contributed by atoms with van der Waals surface area (Å²) in [5.41, 5.74) is -0.179. The first-order chi connectivity index (χ1) is 6.94. The van der Waals surface area contributed by atoms with Gasteiger partial charge in [0.25, 0.3) is 0 Å². The van der Waals surface area contributed by atoms with Crippen LogP contribution in [-0.2, 0) is 9.59 Å². The van der Waals surface area contributed by atoms with E-state index in [4.69, 9.17) is 5.11 Å². The van der Waals surface area contributed by atoms with E-state index in [1.165, 1.54) is 0 Å². The van der Waals surface area contributed by atoms with E-state index in [-0.39, 0.29) is 17.9 Å². The maximum atomic E-state index is 11.7. The van der Waals surface area contributed by atoms with Crippen LogP contribution in [0.1, 0.15) is 40.0 Å². The molecule has 1 N–H and O–H groups in total. The molecule has 0 radical (unpaired) electrons. The summed E-state index contributed by atoms with van der Waals surface area (Å²) in [5.74, 6) is -1.40. The lowest BCUT2D eigenvalue weighted by molar-refractivity contribution is -0.141. The third kappa shape index (κ3) is 2.13. The van der Waals surface area contributed by atoms with E-state index >= 15 is 0 Å². The first-order valence-electron chi connectivity index (χ1n) is 5.48. The fraction of sp³-hybridized carbons (Fsp3) is 0.818. The summed E-state index contributed by atoms with van der Waals surface area (Å²) < 4.78 is 0. The summed E-state index contributed by atoms with van der Waals surface area (Å²) in [6.07, 6.45) is 1.88. The summed E-state index contributed by atoms with van der Waals surface area (Å²) in [4.78, 5) is 24.3. The Bertz CT molecular complexity index is 271. The normalized spacial score (nSPS) is 22.2. The molecule has 0 bridgehead atoms. The zero-order chi connectivity index (χ0) is 11.6. The standard InChI is InChI=1S/C11H19NO3/c1-4-11(3,5-2)12-7-8(10(14)15)6-9(12)13/h8H,4-7H2,1-3H3,(H,14,15). The molecule has 1 fully saturated rings. The molecule has 0 aromatic heterocycles. The van der Waals surface area contributed by atoms with Crippen LogP contribution >= 0.6 is 0 Å². The van der Waals surface area contributed by atoms with Gasteiger partial charge in [-0.3, -0.25) is 9.59 Å². The van der Waals surface area contributed by atoms with Crippen molar-refractivity contribution in [1.29, 1.82) is 0 Å². The molecule has 0 aromatic rings. The average Bonchev–Trinajstić information content (AvgIpc) is 2.60. The highest BCUT2D eigenvalue weighted by molar-refractivity contribution is 5.86. The van der Waals surface area contributed by atoms with Crippen LogP contribution in [0.2, 0.25) is 0 Å². The van der Waals surface area contributed by atoms with Crippen LogP contribution in [0.5, 0.6) is 0 Å². The van der Waals surface area contributed by atoms with Crippen molar-refractivity contribution < 1.29 is 14.7 Å². The van der Waals surface area contributed by atoms with Crippen LogP contribution in [0.3, 0.4) is 0 Å². The van der Waals surface area contributed by atoms with Gasteiger partial charge in [0, 0.05) is 18.5 Å². The minimum atomic E-state index is -0.861. The molecule has 1 heterocycles. The first kappa shape index (κ1) is 12.0. The van der Waals surface area contributed by atoms with Gasteiger partial charge in [-0.15, -0.1) is 0 Å². The summed E-state index contributed by atoms with van der Waals surface area (Å²) in [5, 5.41) is 8.88. The fourth-order valence-corrected chi connectivity index (χ4v) is 2.03. The molecular weight excluding hydrogens is 194 g/mol. The number of rotatable bonds is 4. The molecule has 4 heteroatoms. The van der Waals surface area contributed by atoms with E-state index < -0.39 is 11.9 Å². The second-order valence-electron chi connectivity index (χ2n) is 4.45. The Balaban J connectivity index is 2.80. The van der Waals surface area contributed by atoms with Crippen molar-refractivity contribution in [3.8, 4) is 0 Å². The number of carbonyl (C=O) groups is 2. The molecule has 1 atom stereocenters. The lowest BCUT2D eigenvalue weighted by Gasteiger charge is -2.37. The number of likely N-dealkylation sites (tertiary alicyclic amines) is 1. The van der Waals surface area contributed by atoms with Gasteiger partial charge in [0.1, 0.15) is 0 Å². The van der Waals surface area contributed by atoms with E-state index in [1.807, 2.05) is 20.8 Å². The van der Waals surface area contributed by atoms with Crippen LogP contribution < -0.4 is 0 Å². The third-order valence-corrected chi connectivity index (χ3v) is 3.65. The average molecular weight is 213 g/mol. The number of hydrogen-bond acceptors (Lipinski definition) is 2. The van der Waals surface area contributed by atoms with Crippen molar-refractivity contribution in [2.24, 2.45) is 5.92 Å². The molecular formula is C11H19NO3. The highest BCUT2D eigenvalue weighted by Crippen LogP contribution is 2.30. The summed E-state index contributed by atoms with van der Waals surface area (Å²) >= 11 is 0. The van der Waals surface area contributed by atoms with Crippen molar-refractivity contribution in [3.63, 3.8) is 0 Å². The van der Waals surface area contributed by atoms with Crippen LogP contribution in [0, 0.1) is 5.92 Å². The molecule has 0 saturated carbocycles. The quantitative estimate of drug-likeness (QED) is 0.769.